The number of hydrogen-bond acceptors (Lipinski definition) is 7. The third kappa shape index (κ3) is 6.89. The van der Waals surface area contributed by atoms with Crippen LogP contribution >= 0.6 is 0 Å². The second-order valence-corrected chi connectivity index (χ2v) is 10.7. The molecule has 0 spiro atoms. The Bertz CT molecular complexity index is 1420. The minimum absolute atomic E-state index is 0.127. The third-order valence-electron chi connectivity index (χ3n) is 4.39. The van der Waals surface area contributed by atoms with Crippen molar-refractivity contribution in [2.45, 2.75) is 11.1 Å². The van der Waals surface area contributed by atoms with Gasteiger partial charge in [-0.15, -0.1) is 0 Å². The minimum atomic E-state index is -4.70. The molecule has 3 rings (SSSR count). The highest BCUT2D eigenvalue weighted by molar-refractivity contribution is 7.92. The van der Waals surface area contributed by atoms with Gasteiger partial charge in [0.15, 0.2) is 0 Å². The maximum Gasteiger partial charge on any atom is 0.416 e. The van der Waals surface area contributed by atoms with Crippen LogP contribution in [0.3, 0.4) is 0 Å². The SMILES string of the molecule is CS(=O)(=O)N(CC(=O)Nc1ccc(S(=O)(=O)Nc2ncccn2)cc1)c1cccc(C(F)(F)F)c1. The molecule has 2 N–H and O–H groups in total. The molecule has 0 fully saturated rings. The van der Waals surface area contributed by atoms with Crippen LogP contribution < -0.4 is 14.3 Å². The summed E-state index contributed by atoms with van der Waals surface area (Å²) < 4.78 is 90.9. The van der Waals surface area contributed by atoms with Crippen LogP contribution in [-0.2, 0) is 31.0 Å². The molecule has 0 saturated heterocycles. The predicted octanol–water partition coefficient (Wildman–Crippen LogP) is 2.70. The smallest absolute Gasteiger partial charge is 0.325 e. The summed E-state index contributed by atoms with van der Waals surface area (Å²) >= 11 is 0. The van der Waals surface area contributed by atoms with E-state index >= 15 is 0 Å². The fourth-order valence-electron chi connectivity index (χ4n) is 2.82. The lowest BCUT2D eigenvalue weighted by Crippen LogP contribution is -2.37. The summed E-state index contributed by atoms with van der Waals surface area (Å²) in [5.41, 5.74) is -1.29. The number of sulfonamides is 2. The van der Waals surface area contributed by atoms with Gasteiger partial charge >= 0.3 is 6.18 Å². The van der Waals surface area contributed by atoms with E-state index in [-0.39, 0.29) is 22.2 Å². The number of carbonyl (C=O) groups excluding carboxylic acids is 1. The summed E-state index contributed by atoms with van der Waals surface area (Å²) in [5, 5.41) is 2.38. The molecule has 1 heterocycles. The van der Waals surface area contributed by atoms with Crippen LogP contribution in [0.25, 0.3) is 0 Å². The summed E-state index contributed by atoms with van der Waals surface area (Å²) in [6, 6.07) is 9.95. The van der Waals surface area contributed by atoms with Gasteiger partial charge in [-0.05, 0) is 48.5 Å². The molecular formula is C20H18F3N5O5S2. The molecule has 0 saturated carbocycles. The molecule has 10 nitrogen and oxygen atoms in total. The van der Waals surface area contributed by atoms with Crippen LogP contribution in [0.15, 0.2) is 71.9 Å². The van der Waals surface area contributed by atoms with Crippen LogP contribution in [0.5, 0.6) is 0 Å². The lowest BCUT2D eigenvalue weighted by Gasteiger charge is -2.22. The Labute approximate surface area is 198 Å². The normalized spacial score (nSPS) is 12.1. The molecular weight excluding hydrogens is 511 g/mol. The van der Waals surface area contributed by atoms with Gasteiger partial charge in [-0.3, -0.25) is 9.10 Å². The van der Waals surface area contributed by atoms with Gasteiger partial charge < -0.3 is 5.32 Å². The van der Waals surface area contributed by atoms with Crippen molar-refractivity contribution in [3.8, 4) is 0 Å². The van der Waals surface area contributed by atoms with Gasteiger partial charge in [0.1, 0.15) is 6.54 Å². The highest BCUT2D eigenvalue weighted by Crippen LogP contribution is 2.32. The third-order valence-corrected chi connectivity index (χ3v) is 6.87. The van der Waals surface area contributed by atoms with Gasteiger partial charge in [-0.1, -0.05) is 6.07 Å². The first-order valence-corrected chi connectivity index (χ1v) is 12.9. The lowest BCUT2D eigenvalue weighted by molar-refractivity contribution is -0.137. The van der Waals surface area contributed by atoms with E-state index in [2.05, 4.69) is 20.0 Å². The Morgan fingerprint density at radius 3 is 2.17 bits per heavy atom. The summed E-state index contributed by atoms with van der Waals surface area (Å²) in [7, 11) is -8.13. The number of nitrogens with zero attached hydrogens (tertiary/aromatic N) is 3. The first-order valence-electron chi connectivity index (χ1n) is 9.60. The van der Waals surface area contributed by atoms with Crippen LogP contribution in [0.2, 0.25) is 0 Å². The second kappa shape index (κ2) is 9.87. The molecule has 1 amide bonds. The molecule has 0 aliphatic rings. The minimum Gasteiger partial charge on any atom is -0.325 e. The molecule has 3 aromatic rings. The van der Waals surface area contributed by atoms with Crippen molar-refractivity contribution in [1.82, 2.24) is 9.97 Å². The van der Waals surface area contributed by atoms with Crippen molar-refractivity contribution >= 4 is 43.3 Å². The van der Waals surface area contributed by atoms with Crippen molar-refractivity contribution in [3.63, 3.8) is 0 Å². The second-order valence-electron chi connectivity index (χ2n) is 7.07. The largest absolute Gasteiger partial charge is 0.416 e. The highest BCUT2D eigenvalue weighted by Gasteiger charge is 2.32. The van der Waals surface area contributed by atoms with E-state index in [1.54, 1.807) is 0 Å². The maximum absolute atomic E-state index is 13.0. The van der Waals surface area contributed by atoms with Gasteiger partial charge in [0.2, 0.25) is 21.9 Å². The molecule has 0 radical (unpaired) electrons. The molecule has 0 atom stereocenters. The molecule has 2 aromatic carbocycles. The standard InChI is InChI=1S/C20H18F3N5O5S2/c1-34(30,31)28(16-5-2-4-14(12-16)20(21,22)23)13-18(29)26-15-6-8-17(9-7-15)35(32,33)27-19-24-10-3-11-25-19/h2-12H,13H2,1H3,(H,26,29)(H,24,25,27). The lowest BCUT2D eigenvalue weighted by atomic mass is 10.2. The number of hydrogen-bond donors (Lipinski definition) is 2. The van der Waals surface area contributed by atoms with Crippen LogP contribution in [0.4, 0.5) is 30.5 Å². The molecule has 35 heavy (non-hydrogen) atoms. The molecule has 0 aliphatic carbocycles. The van der Waals surface area contributed by atoms with E-state index < -0.39 is 44.2 Å². The van der Waals surface area contributed by atoms with E-state index in [1.807, 2.05) is 0 Å². The van der Waals surface area contributed by atoms with E-state index in [9.17, 15) is 34.8 Å². The summed E-state index contributed by atoms with van der Waals surface area (Å²) in [5.74, 6) is -1.00. The number of rotatable bonds is 8. The van der Waals surface area contributed by atoms with Crippen molar-refractivity contribution in [1.29, 1.82) is 0 Å². The summed E-state index contributed by atoms with van der Waals surface area (Å²) in [6.45, 7) is -0.812. The van der Waals surface area contributed by atoms with E-state index in [0.29, 0.717) is 10.4 Å². The number of halogens is 3. The van der Waals surface area contributed by atoms with Gasteiger partial charge in [-0.25, -0.2) is 31.5 Å². The number of nitrogens with one attached hydrogen (secondary N) is 2. The van der Waals surface area contributed by atoms with Crippen molar-refractivity contribution in [2.24, 2.45) is 0 Å². The van der Waals surface area contributed by atoms with Crippen LogP contribution in [-0.4, -0.2) is 45.5 Å². The molecule has 1 aromatic heterocycles. The Kier molecular flexibility index (Phi) is 7.30. The quantitative estimate of drug-likeness (QED) is 0.458. The monoisotopic (exact) mass is 529 g/mol. The first-order chi connectivity index (χ1) is 16.3. The van der Waals surface area contributed by atoms with E-state index in [4.69, 9.17) is 0 Å². The number of carbonyl (C=O) groups is 1. The van der Waals surface area contributed by atoms with Gasteiger partial charge in [-0.2, -0.15) is 13.2 Å². The number of aromatic nitrogens is 2. The van der Waals surface area contributed by atoms with Gasteiger partial charge in [0.25, 0.3) is 10.0 Å². The van der Waals surface area contributed by atoms with E-state index in [0.717, 1.165) is 24.5 Å². The Hall–Kier alpha value is -3.72. The first kappa shape index (κ1) is 25.9. The zero-order valence-corrected chi connectivity index (χ0v) is 19.5. The summed E-state index contributed by atoms with van der Waals surface area (Å²) in [4.78, 5) is 19.8. The van der Waals surface area contributed by atoms with Crippen molar-refractivity contribution < 1.29 is 34.8 Å². The van der Waals surface area contributed by atoms with Gasteiger partial charge in [0.05, 0.1) is 22.4 Å². The Morgan fingerprint density at radius 1 is 0.971 bits per heavy atom. The average Bonchev–Trinajstić information content (AvgIpc) is 2.77. The molecule has 0 unspecified atom stereocenters. The summed E-state index contributed by atoms with van der Waals surface area (Å²) in [6.07, 6.45) is -1.25. The molecule has 0 bridgehead atoms. The highest BCUT2D eigenvalue weighted by atomic mass is 32.2. The van der Waals surface area contributed by atoms with Crippen molar-refractivity contribution in [3.05, 3.63) is 72.6 Å². The zero-order valence-electron chi connectivity index (χ0n) is 17.9. The van der Waals surface area contributed by atoms with Crippen LogP contribution in [0, 0.1) is 0 Å². The maximum atomic E-state index is 13.0. The number of amides is 1. The van der Waals surface area contributed by atoms with Crippen LogP contribution in [0.1, 0.15) is 5.56 Å². The predicted molar refractivity (Wildman–Crippen MR) is 122 cm³/mol. The Morgan fingerprint density at radius 2 is 1.60 bits per heavy atom. The fourth-order valence-corrected chi connectivity index (χ4v) is 4.62. The average molecular weight is 530 g/mol. The fraction of sp³-hybridized carbons (Fsp3) is 0.150. The molecule has 186 valence electrons. The zero-order chi connectivity index (χ0) is 25.9. The van der Waals surface area contributed by atoms with Crippen molar-refractivity contribution in [2.75, 3.05) is 27.1 Å². The number of anilines is 3. The Balaban J connectivity index is 1.74. The topological polar surface area (TPSA) is 138 Å². The number of alkyl halides is 3. The van der Waals surface area contributed by atoms with E-state index in [1.165, 1.54) is 42.7 Å². The molecule has 15 heteroatoms. The van der Waals surface area contributed by atoms with Gasteiger partial charge in [0, 0.05) is 18.1 Å². The number of benzene rings is 2. The molecule has 0 aliphatic heterocycles.